The highest BCUT2D eigenvalue weighted by Gasteiger charge is 2.42. The molecule has 2 rings (SSSR count). The first kappa shape index (κ1) is 14.8. The highest BCUT2D eigenvalue weighted by molar-refractivity contribution is 5.87. The molecule has 1 saturated carbocycles. The van der Waals surface area contributed by atoms with E-state index in [1.54, 1.807) is 0 Å². The van der Waals surface area contributed by atoms with Gasteiger partial charge in [0.15, 0.2) is 0 Å². The van der Waals surface area contributed by atoms with E-state index in [0.717, 1.165) is 44.6 Å². The van der Waals surface area contributed by atoms with Crippen LogP contribution >= 0.6 is 0 Å². The Bertz CT molecular complexity index is 310. The van der Waals surface area contributed by atoms with E-state index in [1.165, 1.54) is 12.8 Å². The van der Waals surface area contributed by atoms with Crippen molar-refractivity contribution in [2.75, 3.05) is 6.54 Å². The molecule has 1 heterocycles. The van der Waals surface area contributed by atoms with Gasteiger partial charge in [-0.15, -0.1) is 0 Å². The van der Waals surface area contributed by atoms with Crippen molar-refractivity contribution in [2.24, 2.45) is 11.8 Å². The summed E-state index contributed by atoms with van der Waals surface area (Å²) in [7, 11) is 0. The molecule has 1 aliphatic heterocycles. The summed E-state index contributed by atoms with van der Waals surface area (Å²) in [4.78, 5) is 12.7. The van der Waals surface area contributed by atoms with E-state index < -0.39 is 0 Å². The van der Waals surface area contributed by atoms with Gasteiger partial charge in [0.25, 0.3) is 0 Å². The SMILES string of the molecule is CCCC1(C(=O)NC2CCC(CC)C2C)CCCN1. The largest absolute Gasteiger partial charge is 0.351 e. The summed E-state index contributed by atoms with van der Waals surface area (Å²) >= 11 is 0. The summed E-state index contributed by atoms with van der Waals surface area (Å²) in [6.45, 7) is 7.73. The lowest BCUT2D eigenvalue weighted by atomic mass is 9.89. The maximum atomic E-state index is 12.7. The van der Waals surface area contributed by atoms with Crippen molar-refractivity contribution >= 4 is 5.91 Å². The van der Waals surface area contributed by atoms with Crippen LogP contribution in [0.4, 0.5) is 0 Å². The zero-order valence-corrected chi connectivity index (χ0v) is 12.8. The van der Waals surface area contributed by atoms with E-state index in [1.807, 2.05) is 0 Å². The number of amides is 1. The van der Waals surface area contributed by atoms with Crippen molar-refractivity contribution < 1.29 is 4.79 Å². The van der Waals surface area contributed by atoms with Crippen molar-refractivity contribution in [1.29, 1.82) is 0 Å². The third-order valence-electron chi connectivity index (χ3n) is 5.42. The number of hydrogen-bond donors (Lipinski definition) is 2. The molecule has 1 aliphatic carbocycles. The first-order chi connectivity index (χ1) is 9.13. The standard InChI is InChI=1S/C16H30N2O/c1-4-9-16(10-6-11-17-16)15(19)18-14-8-7-13(5-2)12(14)3/h12-14,17H,4-11H2,1-3H3,(H,18,19). The topological polar surface area (TPSA) is 41.1 Å². The second-order valence-electron chi connectivity index (χ2n) is 6.55. The Balaban J connectivity index is 1.96. The van der Waals surface area contributed by atoms with Crippen LogP contribution in [0, 0.1) is 11.8 Å². The van der Waals surface area contributed by atoms with Gasteiger partial charge in [0.05, 0.1) is 5.54 Å². The Morgan fingerprint density at radius 1 is 1.37 bits per heavy atom. The van der Waals surface area contributed by atoms with Crippen molar-refractivity contribution in [2.45, 2.75) is 77.3 Å². The fourth-order valence-electron chi connectivity index (χ4n) is 4.09. The minimum atomic E-state index is -0.265. The molecule has 4 unspecified atom stereocenters. The molecule has 3 nitrogen and oxygen atoms in total. The van der Waals surface area contributed by atoms with Crippen LogP contribution in [-0.4, -0.2) is 24.0 Å². The van der Waals surface area contributed by atoms with Crippen LogP contribution in [0.15, 0.2) is 0 Å². The highest BCUT2D eigenvalue weighted by atomic mass is 16.2. The molecule has 4 atom stereocenters. The molecular weight excluding hydrogens is 236 g/mol. The molecule has 0 aromatic heterocycles. The molecular formula is C16H30N2O. The minimum Gasteiger partial charge on any atom is -0.351 e. The summed E-state index contributed by atoms with van der Waals surface area (Å²) in [5.74, 6) is 1.69. The maximum Gasteiger partial charge on any atom is 0.240 e. The van der Waals surface area contributed by atoms with E-state index >= 15 is 0 Å². The average molecular weight is 266 g/mol. The van der Waals surface area contributed by atoms with Crippen LogP contribution < -0.4 is 10.6 Å². The Kier molecular flexibility index (Phi) is 4.88. The third kappa shape index (κ3) is 2.96. The van der Waals surface area contributed by atoms with Crippen molar-refractivity contribution in [3.8, 4) is 0 Å². The fourth-order valence-corrected chi connectivity index (χ4v) is 4.09. The zero-order valence-electron chi connectivity index (χ0n) is 12.8. The van der Waals surface area contributed by atoms with Gasteiger partial charge >= 0.3 is 0 Å². The first-order valence-electron chi connectivity index (χ1n) is 8.19. The van der Waals surface area contributed by atoms with E-state index in [4.69, 9.17) is 0 Å². The van der Waals surface area contributed by atoms with Gasteiger partial charge in [-0.25, -0.2) is 0 Å². The summed E-state index contributed by atoms with van der Waals surface area (Å²) in [6, 6.07) is 0.397. The van der Waals surface area contributed by atoms with E-state index in [-0.39, 0.29) is 11.4 Å². The molecule has 1 amide bonds. The molecule has 0 bridgehead atoms. The number of carbonyl (C=O) groups is 1. The number of hydrogen-bond acceptors (Lipinski definition) is 2. The zero-order chi connectivity index (χ0) is 13.9. The molecule has 2 fully saturated rings. The average Bonchev–Trinajstić information content (AvgIpc) is 2.99. The Morgan fingerprint density at radius 2 is 2.16 bits per heavy atom. The predicted molar refractivity (Wildman–Crippen MR) is 79.0 cm³/mol. The number of carbonyl (C=O) groups excluding carboxylic acids is 1. The van der Waals surface area contributed by atoms with Crippen molar-refractivity contribution in [3.63, 3.8) is 0 Å². The smallest absolute Gasteiger partial charge is 0.240 e. The van der Waals surface area contributed by atoms with Crippen LogP contribution in [0.3, 0.4) is 0 Å². The summed E-state index contributed by atoms with van der Waals surface area (Å²) in [5.41, 5.74) is -0.265. The van der Waals surface area contributed by atoms with Crippen LogP contribution in [0.25, 0.3) is 0 Å². The van der Waals surface area contributed by atoms with Crippen molar-refractivity contribution in [1.82, 2.24) is 10.6 Å². The molecule has 1 saturated heterocycles. The van der Waals surface area contributed by atoms with Crippen LogP contribution in [0.2, 0.25) is 0 Å². The predicted octanol–water partition coefficient (Wildman–Crippen LogP) is 2.85. The summed E-state index contributed by atoms with van der Waals surface area (Å²) < 4.78 is 0. The van der Waals surface area contributed by atoms with Gasteiger partial charge in [-0.05, 0) is 50.5 Å². The van der Waals surface area contributed by atoms with Gasteiger partial charge in [-0.3, -0.25) is 4.79 Å². The second kappa shape index (κ2) is 6.25. The van der Waals surface area contributed by atoms with Gasteiger partial charge in [0, 0.05) is 6.04 Å². The molecule has 0 spiro atoms. The van der Waals surface area contributed by atoms with Gasteiger partial charge < -0.3 is 10.6 Å². The fraction of sp³-hybridized carbons (Fsp3) is 0.938. The summed E-state index contributed by atoms with van der Waals surface area (Å²) in [5, 5.41) is 6.83. The molecule has 19 heavy (non-hydrogen) atoms. The monoisotopic (exact) mass is 266 g/mol. The van der Waals surface area contributed by atoms with Gasteiger partial charge in [0.2, 0.25) is 5.91 Å². The second-order valence-corrected chi connectivity index (χ2v) is 6.55. The first-order valence-corrected chi connectivity index (χ1v) is 8.19. The lowest BCUT2D eigenvalue weighted by Gasteiger charge is -2.31. The van der Waals surface area contributed by atoms with E-state index in [2.05, 4.69) is 31.4 Å². The van der Waals surface area contributed by atoms with Crippen LogP contribution in [0.1, 0.15) is 65.7 Å². The quantitative estimate of drug-likeness (QED) is 0.803. The van der Waals surface area contributed by atoms with Crippen LogP contribution in [0.5, 0.6) is 0 Å². The molecule has 3 heteroatoms. The van der Waals surface area contributed by atoms with E-state index in [9.17, 15) is 4.79 Å². The van der Waals surface area contributed by atoms with Gasteiger partial charge in [-0.2, -0.15) is 0 Å². The van der Waals surface area contributed by atoms with Crippen molar-refractivity contribution in [3.05, 3.63) is 0 Å². The highest BCUT2D eigenvalue weighted by Crippen LogP contribution is 2.34. The Labute approximate surface area is 117 Å². The number of rotatable bonds is 5. The summed E-state index contributed by atoms with van der Waals surface area (Å²) in [6.07, 6.45) is 7.85. The normalized spacial score (nSPS) is 38.6. The molecule has 2 aliphatic rings. The lowest BCUT2D eigenvalue weighted by Crippen LogP contribution is -2.56. The minimum absolute atomic E-state index is 0.264. The lowest BCUT2D eigenvalue weighted by molar-refractivity contribution is -0.128. The molecule has 0 radical (unpaired) electrons. The Morgan fingerprint density at radius 3 is 2.68 bits per heavy atom. The molecule has 2 N–H and O–H groups in total. The number of nitrogens with one attached hydrogen (secondary N) is 2. The van der Waals surface area contributed by atoms with Gasteiger partial charge in [0.1, 0.15) is 0 Å². The maximum absolute atomic E-state index is 12.7. The molecule has 0 aromatic carbocycles. The third-order valence-corrected chi connectivity index (χ3v) is 5.42. The van der Waals surface area contributed by atoms with Crippen LogP contribution in [-0.2, 0) is 4.79 Å². The van der Waals surface area contributed by atoms with E-state index in [0.29, 0.717) is 12.0 Å². The molecule has 110 valence electrons. The molecule has 0 aromatic rings. The Hall–Kier alpha value is -0.570. The van der Waals surface area contributed by atoms with Gasteiger partial charge in [-0.1, -0.05) is 33.6 Å².